The van der Waals surface area contributed by atoms with E-state index in [2.05, 4.69) is 22.9 Å². The predicted octanol–water partition coefficient (Wildman–Crippen LogP) is 3.63. The molecule has 0 bridgehead atoms. The van der Waals surface area contributed by atoms with Gasteiger partial charge in [-0.15, -0.1) is 0 Å². The Bertz CT molecular complexity index is 388. The molecule has 0 fully saturated rings. The summed E-state index contributed by atoms with van der Waals surface area (Å²) in [6.07, 6.45) is 2.03. The van der Waals surface area contributed by atoms with E-state index in [1.807, 2.05) is 6.92 Å². The maximum atomic E-state index is 10.9. The number of carboxylic acid groups (broad SMARTS) is 1. The van der Waals surface area contributed by atoms with E-state index in [0.717, 1.165) is 18.4 Å². The van der Waals surface area contributed by atoms with Gasteiger partial charge >= 0.3 is 5.97 Å². The molecule has 1 N–H and O–H groups in total. The fourth-order valence-electron chi connectivity index (χ4n) is 1.30. The molecule has 88 valence electrons. The Morgan fingerprint density at radius 3 is 2.75 bits per heavy atom. The lowest BCUT2D eigenvalue weighted by Gasteiger charge is -2.10. The number of unbranched alkanes of at least 4 members (excludes halogenated alkanes) is 1. The van der Waals surface area contributed by atoms with Crippen LogP contribution in [0.25, 0.3) is 0 Å². The van der Waals surface area contributed by atoms with Gasteiger partial charge in [-0.1, -0.05) is 13.3 Å². The fourth-order valence-corrected chi connectivity index (χ4v) is 1.93. The van der Waals surface area contributed by atoms with Crippen molar-refractivity contribution in [1.29, 1.82) is 0 Å². The first-order valence-electron chi connectivity index (χ1n) is 5.22. The topological polar surface area (TPSA) is 46.5 Å². The Kier molecular flexibility index (Phi) is 4.80. The average molecular weight is 287 g/mol. The third kappa shape index (κ3) is 3.23. The van der Waals surface area contributed by atoms with Crippen LogP contribution < -0.4 is 4.74 Å². The van der Waals surface area contributed by atoms with Gasteiger partial charge < -0.3 is 9.84 Å². The van der Waals surface area contributed by atoms with Crippen LogP contribution in [0.4, 0.5) is 0 Å². The van der Waals surface area contributed by atoms with Crippen LogP contribution in [0.3, 0.4) is 0 Å². The molecule has 1 aromatic rings. The van der Waals surface area contributed by atoms with Crippen molar-refractivity contribution >= 4 is 21.9 Å². The van der Waals surface area contributed by atoms with Crippen LogP contribution in [0.1, 0.15) is 35.7 Å². The van der Waals surface area contributed by atoms with Gasteiger partial charge in [0.15, 0.2) is 0 Å². The van der Waals surface area contributed by atoms with Crippen molar-refractivity contribution in [3.05, 3.63) is 27.7 Å². The van der Waals surface area contributed by atoms with Gasteiger partial charge in [-0.3, -0.25) is 0 Å². The maximum absolute atomic E-state index is 10.9. The number of rotatable bonds is 5. The van der Waals surface area contributed by atoms with Crippen LogP contribution in [-0.2, 0) is 0 Å². The van der Waals surface area contributed by atoms with Crippen LogP contribution in [0.15, 0.2) is 16.6 Å². The second kappa shape index (κ2) is 5.89. The highest BCUT2D eigenvalue weighted by molar-refractivity contribution is 9.10. The first-order valence-corrected chi connectivity index (χ1v) is 6.01. The standard InChI is InChI=1S/C12H15BrO3/c1-3-4-5-16-11-7-9(12(14)15)10(13)6-8(11)2/h6-7H,3-5H2,1-2H3,(H,14,15). The Hall–Kier alpha value is -1.03. The molecule has 0 saturated heterocycles. The Morgan fingerprint density at radius 2 is 2.19 bits per heavy atom. The summed E-state index contributed by atoms with van der Waals surface area (Å²) in [5.74, 6) is -0.304. The molecule has 3 nitrogen and oxygen atoms in total. The molecule has 0 amide bonds. The number of hydrogen-bond donors (Lipinski definition) is 1. The summed E-state index contributed by atoms with van der Waals surface area (Å²) in [7, 11) is 0. The van der Waals surface area contributed by atoms with E-state index in [4.69, 9.17) is 9.84 Å². The molecule has 0 radical (unpaired) electrons. The maximum Gasteiger partial charge on any atom is 0.336 e. The molecular formula is C12H15BrO3. The third-order valence-electron chi connectivity index (χ3n) is 2.25. The Labute approximate surface area is 104 Å². The molecule has 0 aliphatic carbocycles. The minimum atomic E-state index is -0.952. The number of aromatic carboxylic acids is 1. The number of ether oxygens (including phenoxy) is 1. The molecule has 1 rings (SSSR count). The molecule has 0 aromatic heterocycles. The second-order valence-electron chi connectivity index (χ2n) is 3.60. The number of hydrogen-bond acceptors (Lipinski definition) is 2. The Morgan fingerprint density at radius 1 is 1.50 bits per heavy atom. The second-order valence-corrected chi connectivity index (χ2v) is 4.46. The van der Waals surface area contributed by atoms with Crippen molar-refractivity contribution in [2.24, 2.45) is 0 Å². The monoisotopic (exact) mass is 286 g/mol. The lowest BCUT2D eigenvalue weighted by atomic mass is 10.1. The van der Waals surface area contributed by atoms with Gasteiger partial charge in [0.05, 0.1) is 12.2 Å². The summed E-state index contributed by atoms with van der Waals surface area (Å²) in [4.78, 5) is 10.9. The summed E-state index contributed by atoms with van der Waals surface area (Å²) in [6.45, 7) is 4.61. The highest BCUT2D eigenvalue weighted by Crippen LogP contribution is 2.27. The highest BCUT2D eigenvalue weighted by Gasteiger charge is 2.12. The number of benzene rings is 1. The first kappa shape index (κ1) is 13.0. The number of carbonyl (C=O) groups is 1. The van der Waals surface area contributed by atoms with Gasteiger partial charge in [-0.2, -0.15) is 0 Å². The van der Waals surface area contributed by atoms with Crippen LogP contribution in [0.2, 0.25) is 0 Å². The quantitative estimate of drug-likeness (QED) is 0.841. The van der Waals surface area contributed by atoms with Crippen molar-refractivity contribution < 1.29 is 14.6 Å². The lowest BCUT2D eigenvalue weighted by molar-refractivity contribution is 0.0695. The van der Waals surface area contributed by atoms with Gasteiger partial charge in [-0.25, -0.2) is 4.79 Å². The van der Waals surface area contributed by atoms with E-state index >= 15 is 0 Å². The average Bonchev–Trinajstić information content (AvgIpc) is 2.21. The molecular weight excluding hydrogens is 272 g/mol. The van der Waals surface area contributed by atoms with Crippen molar-refractivity contribution in [1.82, 2.24) is 0 Å². The number of aryl methyl sites for hydroxylation is 1. The van der Waals surface area contributed by atoms with E-state index in [-0.39, 0.29) is 5.56 Å². The van der Waals surface area contributed by atoms with Crippen LogP contribution in [0.5, 0.6) is 5.75 Å². The van der Waals surface area contributed by atoms with Crippen molar-refractivity contribution in [3.8, 4) is 5.75 Å². The van der Waals surface area contributed by atoms with Gasteiger partial charge in [0.1, 0.15) is 5.75 Å². The third-order valence-corrected chi connectivity index (χ3v) is 2.91. The predicted molar refractivity (Wildman–Crippen MR) is 66.2 cm³/mol. The highest BCUT2D eigenvalue weighted by atomic mass is 79.9. The molecule has 0 aliphatic rings. The zero-order valence-electron chi connectivity index (χ0n) is 9.42. The van der Waals surface area contributed by atoms with Gasteiger partial charge in [0, 0.05) is 4.47 Å². The molecule has 0 heterocycles. The van der Waals surface area contributed by atoms with E-state index < -0.39 is 5.97 Å². The Balaban J connectivity index is 2.91. The van der Waals surface area contributed by atoms with Gasteiger partial charge in [-0.05, 0) is 47.0 Å². The van der Waals surface area contributed by atoms with Gasteiger partial charge in [0.2, 0.25) is 0 Å². The zero-order valence-corrected chi connectivity index (χ0v) is 11.0. The normalized spacial score (nSPS) is 10.2. The SMILES string of the molecule is CCCCOc1cc(C(=O)O)c(Br)cc1C. The minimum absolute atomic E-state index is 0.233. The molecule has 0 atom stereocenters. The lowest BCUT2D eigenvalue weighted by Crippen LogP contribution is -2.03. The largest absolute Gasteiger partial charge is 0.493 e. The molecule has 0 unspecified atom stereocenters. The van der Waals surface area contributed by atoms with Crippen molar-refractivity contribution in [2.75, 3.05) is 6.61 Å². The van der Waals surface area contributed by atoms with Crippen molar-refractivity contribution in [3.63, 3.8) is 0 Å². The molecule has 4 heteroatoms. The summed E-state index contributed by atoms with van der Waals surface area (Å²) < 4.78 is 6.12. The van der Waals surface area contributed by atoms with E-state index in [1.54, 1.807) is 12.1 Å². The molecule has 0 saturated carbocycles. The molecule has 0 spiro atoms. The zero-order chi connectivity index (χ0) is 12.1. The fraction of sp³-hybridized carbons (Fsp3) is 0.417. The van der Waals surface area contributed by atoms with Crippen LogP contribution in [0, 0.1) is 6.92 Å². The summed E-state index contributed by atoms with van der Waals surface area (Å²) in [5.41, 5.74) is 1.17. The van der Waals surface area contributed by atoms with E-state index in [1.165, 1.54) is 0 Å². The van der Waals surface area contributed by atoms with E-state index in [9.17, 15) is 4.79 Å². The minimum Gasteiger partial charge on any atom is -0.493 e. The smallest absolute Gasteiger partial charge is 0.336 e. The van der Waals surface area contributed by atoms with Crippen molar-refractivity contribution in [2.45, 2.75) is 26.7 Å². The summed E-state index contributed by atoms with van der Waals surface area (Å²) >= 11 is 3.23. The summed E-state index contributed by atoms with van der Waals surface area (Å²) in [6, 6.07) is 3.34. The number of carboxylic acids is 1. The summed E-state index contributed by atoms with van der Waals surface area (Å²) in [5, 5.41) is 8.97. The van der Waals surface area contributed by atoms with E-state index in [0.29, 0.717) is 16.8 Å². The first-order chi connectivity index (χ1) is 7.56. The van der Waals surface area contributed by atoms with Crippen LogP contribution >= 0.6 is 15.9 Å². The number of halogens is 1. The van der Waals surface area contributed by atoms with Gasteiger partial charge in [0.25, 0.3) is 0 Å². The molecule has 16 heavy (non-hydrogen) atoms. The van der Waals surface area contributed by atoms with Crippen LogP contribution in [-0.4, -0.2) is 17.7 Å². The molecule has 0 aliphatic heterocycles. The molecule has 1 aromatic carbocycles.